The second-order valence-electron chi connectivity index (χ2n) is 8.30. The summed E-state index contributed by atoms with van der Waals surface area (Å²) in [4.78, 5) is 19.1. The molecule has 0 radical (unpaired) electrons. The lowest BCUT2D eigenvalue weighted by atomic mass is 9.82. The van der Waals surface area contributed by atoms with E-state index in [1.807, 2.05) is 11.9 Å². The Morgan fingerprint density at radius 2 is 1.71 bits per heavy atom. The van der Waals surface area contributed by atoms with Gasteiger partial charge < -0.3 is 20.0 Å². The standard InChI is InChI=1S/C19H38N4O/c1-19(9-6-4-5-7-10-19)17-20-18(24)22(3)11-8-12-23-15-13-21(2)14-16-23/h4-17H2,1-3H3,(H,20,24). The van der Waals surface area contributed by atoms with Crippen LogP contribution in [0.5, 0.6) is 0 Å². The zero-order valence-corrected chi connectivity index (χ0v) is 16.1. The van der Waals surface area contributed by atoms with Gasteiger partial charge in [0.05, 0.1) is 0 Å². The molecular formula is C19H38N4O. The molecule has 0 spiro atoms. The van der Waals surface area contributed by atoms with Crippen LogP contribution in [0.4, 0.5) is 4.79 Å². The summed E-state index contributed by atoms with van der Waals surface area (Å²) < 4.78 is 0. The Balaban J connectivity index is 1.61. The predicted molar refractivity (Wildman–Crippen MR) is 100 cm³/mol. The maximum Gasteiger partial charge on any atom is 0.317 e. The molecule has 0 unspecified atom stereocenters. The molecule has 1 aliphatic heterocycles. The number of likely N-dealkylation sites (N-methyl/N-ethyl adjacent to an activating group) is 1. The zero-order chi connectivity index (χ0) is 17.4. The van der Waals surface area contributed by atoms with Gasteiger partial charge in [0, 0.05) is 46.3 Å². The van der Waals surface area contributed by atoms with Crippen LogP contribution in [0.25, 0.3) is 0 Å². The molecule has 1 aliphatic carbocycles. The van der Waals surface area contributed by atoms with E-state index < -0.39 is 0 Å². The highest BCUT2D eigenvalue weighted by Crippen LogP contribution is 2.33. The fourth-order valence-electron chi connectivity index (χ4n) is 3.89. The van der Waals surface area contributed by atoms with Crippen LogP contribution in [0.3, 0.4) is 0 Å². The van der Waals surface area contributed by atoms with Gasteiger partial charge in [-0.1, -0.05) is 32.6 Å². The van der Waals surface area contributed by atoms with Gasteiger partial charge in [-0.3, -0.25) is 0 Å². The van der Waals surface area contributed by atoms with E-state index in [1.165, 1.54) is 38.5 Å². The second kappa shape index (κ2) is 9.62. The quantitative estimate of drug-likeness (QED) is 0.757. The van der Waals surface area contributed by atoms with E-state index in [9.17, 15) is 4.79 Å². The van der Waals surface area contributed by atoms with Crippen molar-refractivity contribution in [3.63, 3.8) is 0 Å². The van der Waals surface area contributed by atoms with Crippen LogP contribution in [-0.2, 0) is 0 Å². The summed E-state index contributed by atoms with van der Waals surface area (Å²) in [5.74, 6) is 0. The monoisotopic (exact) mass is 338 g/mol. The number of nitrogens with zero attached hydrogens (tertiary/aromatic N) is 3. The molecule has 5 nitrogen and oxygen atoms in total. The maximum atomic E-state index is 12.3. The third kappa shape index (κ3) is 6.60. The van der Waals surface area contributed by atoms with E-state index >= 15 is 0 Å². The number of carbonyl (C=O) groups excluding carboxylic acids is 1. The number of nitrogens with one attached hydrogen (secondary N) is 1. The van der Waals surface area contributed by atoms with E-state index in [2.05, 4.69) is 29.1 Å². The number of rotatable bonds is 6. The Morgan fingerprint density at radius 1 is 1.08 bits per heavy atom. The number of amides is 2. The molecule has 1 heterocycles. The van der Waals surface area contributed by atoms with E-state index in [0.29, 0.717) is 5.41 Å². The van der Waals surface area contributed by atoms with Crippen molar-refractivity contribution in [2.75, 3.05) is 59.9 Å². The zero-order valence-electron chi connectivity index (χ0n) is 16.1. The molecule has 0 aromatic rings. The first-order chi connectivity index (χ1) is 11.5. The van der Waals surface area contributed by atoms with Crippen molar-refractivity contribution in [2.45, 2.75) is 51.9 Å². The number of piperazine rings is 1. The number of hydrogen-bond acceptors (Lipinski definition) is 3. The van der Waals surface area contributed by atoms with E-state index in [0.717, 1.165) is 52.2 Å². The molecule has 1 saturated carbocycles. The summed E-state index contributed by atoms with van der Waals surface area (Å²) in [6.07, 6.45) is 8.90. The van der Waals surface area contributed by atoms with Crippen LogP contribution in [0.15, 0.2) is 0 Å². The lowest BCUT2D eigenvalue weighted by molar-refractivity contribution is 0.148. The topological polar surface area (TPSA) is 38.8 Å². The molecule has 24 heavy (non-hydrogen) atoms. The Hall–Kier alpha value is -0.810. The average Bonchev–Trinajstić information content (AvgIpc) is 2.79. The van der Waals surface area contributed by atoms with Crippen LogP contribution < -0.4 is 5.32 Å². The first kappa shape index (κ1) is 19.5. The molecule has 1 saturated heterocycles. The summed E-state index contributed by atoms with van der Waals surface area (Å²) in [5.41, 5.74) is 0.298. The van der Waals surface area contributed by atoms with Crippen LogP contribution >= 0.6 is 0 Å². The fraction of sp³-hybridized carbons (Fsp3) is 0.947. The minimum atomic E-state index is 0.0962. The van der Waals surface area contributed by atoms with Crippen LogP contribution in [0, 0.1) is 5.41 Å². The number of hydrogen-bond donors (Lipinski definition) is 1. The van der Waals surface area contributed by atoms with Crippen molar-refractivity contribution in [1.82, 2.24) is 20.0 Å². The summed E-state index contributed by atoms with van der Waals surface area (Å²) in [6, 6.07) is 0.0962. The molecule has 2 aliphatic rings. The van der Waals surface area contributed by atoms with Gasteiger partial charge in [-0.15, -0.1) is 0 Å². The summed E-state index contributed by atoms with van der Waals surface area (Å²) in [5, 5.41) is 3.18. The van der Waals surface area contributed by atoms with E-state index in [1.54, 1.807) is 0 Å². The minimum absolute atomic E-state index is 0.0962. The van der Waals surface area contributed by atoms with Gasteiger partial charge in [0.2, 0.25) is 0 Å². The second-order valence-corrected chi connectivity index (χ2v) is 8.30. The molecule has 0 atom stereocenters. The average molecular weight is 339 g/mol. The number of carbonyl (C=O) groups is 1. The highest BCUT2D eigenvalue weighted by atomic mass is 16.2. The van der Waals surface area contributed by atoms with Gasteiger partial charge in [-0.2, -0.15) is 0 Å². The van der Waals surface area contributed by atoms with Crippen LogP contribution in [0.2, 0.25) is 0 Å². The SMILES string of the molecule is CN1CCN(CCCN(C)C(=O)NCC2(C)CCCCCC2)CC1. The van der Waals surface area contributed by atoms with Gasteiger partial charge in [0.1, 0.15) is 0 Å². The first-order valence-electron chi connectivity index (χ1n) is 9.88. The fourth-order valence-corrected chi connectivity index (χ4v) is 3.89. The highest BCUT2D eigenvalue weighted by Gasteiger charge is 2.26. The van der Waals surface area contributed by atoms with E-state index in [-0.39, 0.29) is 6.03 Å². The molecular weight excluding hydrogens is 300 g/mol. The van der Waals surface area contributed by atoms with Gasteiger partial charge in [0.25, 0.3) is 0 Å². The van der Waals surface area contributed by atoms with Crippen molar-refractivity contribution < 1.29 is 4.79 Å². The largest absolute Gasteiger partial charge is 0.337 e. The van der Waals surface area contributed by atoms with E-state index in [4.69, 9.17) is 0 Å². The van der Waals surface area contributed by atoms with Crippen molar-refractivity contribution >= 4 is 6.03 Å². The molecule has 2 fully saturated rings. The smallest absolute Gasteiger partial charge is 0.317 e. The van der Waals surface area contributed by atoms with Gasteiger partial charge in [-0.25, -0.2) is 4.79 Å². The van der Waals surface area contributed by atoms with Gasteiger partial charge >= 0.3 is 6.03 Å². The van der Waals surface area contributed by atoms with Crippen LogP contribution in [0.1, 0.15) is 51.9 Å². The number of urea groups is 1. The predicted octanol–water partition coefficient (Wildman–Crippen LogP) is 2.63. The van der Waals surface area contributed by atoms with Gasteiger partial charge in [-0.05, 0) is 38.3 Å². The van der Waals surface area contributed by atoms with Crippen molar-refractivity contribution in [3.05, 3.63) is 0 Å². The molecule has 0 aromatic carbocycles. The van der Waals surface area contributed by atoms with Crippen molar-refractivity contribution in [2.24, 2.45) is 5.41 Å². The third-order valence-electron chi connectivity index (χ3n) is 5.89. The summed E-state index contributed by atoms with van der Waals surface area (Å²) >= 11 is 0. The Kier molecular flexibility index (Phi) is 7.82. The molecule has 1 N–H and O–H groups in total. The maximum absolute atomic E-state index is 12.3. The first-order valence-corrected chi connectivity index (χ1v) is 9.88. The normalized spacial score (nSPS) is 22.8. The highest BCUT2D eigenvalue weighted by molar-refractivity contribution is 5.73. The lowest BCUT2D eigenvalue weighted by Gasteiger charge is -2.33. The molecule has 5 heteroatoms. The molecule has 0 aromatic heterocycles. The Morgan fingerprint density at radius 3 is 2.33 bits per heavy atom. The lowest BCUT2D eigenvalue weighted by Crippen LogP contribution is -2.46. The van der Waals surface area contributed by atoms with Crippen molar-refractivity contribution in [3.8, 4) is 0 Å². The van der Waals surface area contributed by atoms with Gasteiger partial charge in [0.15, 0.2) is 0 Å². The molecule has 2 rings (SSSR count). The molecule has 140 valence electrons. The molecule has 2 amide bonds. The van der Waals surface area contributed by atoms with Crippen molar-refractivity contribution in [1.29, 1.82) is 0 Å². The summed E-state index contributed by atoms with van der Waals surface area (Å²) in [7, 11) is 4.11. The Bertz CT molecular complexity index is 372. The third-order valence-corrected chi connectivity index (χ3v) is 5.89. The minimum Gasteiger partial charge on any atom is -0.337 e. The molecule has 0 bridgehead atoms. The Labute approximate surface area is 148 Å². The summed E-state index contributed by atoms with van der Waals surface area (Å²) in [6.45, 7) is 9.75. The van der Waals surface area contributed by atoms with Crippen LogP contribution in [-0.4, -0.2) is 80.6 Å².